The molecule has 2 fully saturated rings. The lowest BCUT2D eigenvalue weighted by Gasteiger charge is -2.24. The van der Waals surface area contributed by atoms with Gasteiger partial charge in [-0.05, 0) is 25.8 Å². The van der Waals surface area contributed by atoms with Gasteiger partial charge in [-0.25, -0.2) is 9.18 Å². The summed E-state index contributed by atoms with van der Waals surface area (Å²) in [5, 5.41) is 9.80. The van der Waals surface area contributed by atoms with Crippen molar-refractivity contribution < 1.29 is 14.2 Å². The summed E-state index contributed by atoms with van der Waals surface area (Å²) < 4.78 is 22.5. The fourth-order valence-corrected chi connectivity index (χ4v) is 4.45. The quantitative estimate of drug-likeness (QED) is 0.712. The van der Waals surface area contributed by atoms with Crippen LogP contribution in [0.15, 0.2) is 15.7 Å². The zero-order valence-electron chi connectivity index (χ0n) is 16.0. The second-order valence-electron chi connectivity index (χ2n) is 7.85. The molecule has 3 N–H and O–H groups in total. The van der Waals surface area contributed by atoms with E-state index in [1.54, 1.807) is 14.0 Å². The summed E-state index contributed by atoms with van der Waals surface area (Å²) in [6.07, 6.45) is 1.65. The third-order valence-corrected chi connectivity index (χ3v) is 5.99. The van der Waals surface area contributed by atoms with Gasteiger partial charge in [0.1, 0.15) is 5.82 Å². The van der Waals surface area contributed by atoms with Crippen LogP contribution >= 0.6 is 0 Å². The number of nitrogen functional groups attached to an aromatic ring is 1. The molecular weight excluding hydrogens is 367 g/mol. The van der Waals surface area contributed by atoms with Gasteiger partial charge in [-0.15, -0.1) is 0 Å². The highest BCUT2D eigenvalue weighted by atomic mass is 19.1. The smallest absolute Gasteiger partial charge is 0.350 e. The Balaban J connectivity index is 1.92. The Bertz CT molecular complexity index is 1040. The number of rotatable bonds is 5. The first-order chi connectivity index (χ1) is 13.4. The minimum absolute atomic E-state index is 0.0105. The molecule has 28 heavy (non-hydrogen) atoms. The highest BCUT2D eigenvalue weighted by Gasteiger charge is 2.36. The molecule has 8 nitrogen and oxygen atoms in total. The van der Waals surface area contributed by atoms with Crippen molar-refractivity contribution in [3.8, 4) is 0 Å². The molecular formula is C19H25FN4O4. The third kappa shape index (κ3) is 2.80. The average molecular weight is 392 g/mol. The first-order valence-electron chi connectivity index (χ1n) is 9.49. The Morgan fingerprint density at radius 3 is 2.57 bits per heavy atom. The fraction of sp³-hybridized carbons (Fsp3) is 0.579. The predicted octanol–water partition coefficient (Wildman–Crippen LogP) is 0.351. The molecule has 4 rings (SSSR count). The number of methoxy groups -OCH3 is 1. The number of anilines is 1. The van der Waals surface area contributed by atoms with Crippen LogP contribution in [-0.4, -0.2) is 47.8 Å². The number of ether oxygens (including phenoxy) is 1. The maximum atomic E-state index is 15.1. The first kappa shape index (κ1) is 18.9. The van der Waals surface area contributed by atoms with E-state index in [4.69, 9.17) is 10.6 Å². The summed E-state index contributed by atoms with van der Waals surface area (Å²) in [6, 6.07) is 1.16. The van der Waals surface area contributed by atoms with E-state index in [-0.39, 0.29) is 29.9 Å². The van der Waals surface area contributed by atoms with E-state index in [1.165, 1.54) is 10.6 Å². The molecule has 0 radical (unpaired) electrons. The normalized spacial score (nSPS) is 22.4. The van der Waals surface area contributed by atoms with Crippen molar-refractivity contribution in [2.45, 2.75) is 25.8 Å². The van der Waals surface area contributed by atoms with Crippen molar-refractivity contribution >= 4 is 16.6 Å². The molecule has 0 bridgehead atoms. The van der Waals surface area contributed by atoms with E-state index in [1.807, 2.05) is 4.90 Å². The summed E-state index contributed by atoms with van der Waals surface area (Å²) in [7, 11) is 1.60. The summed E-state index contributed by atoms with van der Waals surface area (Å²) >= 11 is 0. The monoisotopic (exact) mass is 392 g/mol. The fourth-order valence-electron chi connectivity index (χ4n) is 4.45. The van der Waals surface area contributed by atoms with Crippen LogP contribution in [-0.2, 0) is 4.74 Å². The number of nitrogens with zero attached hydrogens (tertiary/aromatic N) is 3. The third-order valence-electron chi connectivity index (χ3n) is 5.99. The Morgan fingerprint density at radius 2 is 1.96 bits per heavy atom. The first-order valence-corrected chi connectivity index (χ1v) is 9.49. The Kier molecular flexibility index (Phi) is 4.67. The molecule has 2 aliphatic rings. The summed E-state index contributed by atoms with van der Waals surface area (Å²) in [5.41, 5.74) is 0.0928. The number of aliphatic hydroxyl groups is 1. The molecule has 2 unspecified atom stereocenters. The molecule has 0 amide bonds. The number of fused-ring (bicyclic) bond motifs is 1. The zero-order chi connectivity index (χ0) is 20.2. The Morgan fingerprint density at radius 1 is 1.29 bits per heavy atom. The summed E-state index contributed by atoms with van der Waals surface area (Å²) in [5.74, 6) is 5.17. The van der Waals surface area contributed by atoms with Crippen LogP contribution in [0.4, 0.5) is 10.1 Å². The number of aryl methyl sites for hydroxylation is 1. The summed E-state index contributed by atoms with van der Waals surface area (Å²) in [4.78, 5) is 27.0. The number of halogens is 1. The van der Waals surface area contributed by atoms with Gasteiger partial charge in [-0.2, -0.15) is 4.68 Å². The van der Waals surface area contributed by atoms with Gasteiger partial charge in [0, 0.05) is 50.2 Å². The van der Waals surface area contributed by atoms with Crippen molar-refractivity contribution in [3.63, 3.8) is 0 Å². The molecule has 1 aliphatic carbocycles. The maximum Gasteiger partial charge on any atom is 0.350 e. The van der Waals surface area contributed by atoms with Crippen LogP contribution in [0.1, 0.15) is 24.4 Å². The van der Waals surface area contributed by atoms with E-state index >= 15 is 4.39 Å². The van der Waals surface area contributed by atoms with Crippen molar-refractivity contribution in [1.82, 2.24) is 9.24 Å². The molecule has 0 spiro atoms. The van der Waals surface area contributed by atoms with Crippen molar-refractivity contribution in [3.05, 3.63) is 38.3 Å². The number of benzene rings is 1. The molecule has 1 aromatic heterocycles. The lowest BCUT2D eigenvalue weighted by Crippen LogP contribution is -2.44. The second kappa shape index (κ2) is 6.89. The van der Waals surface area contributed by atoms with E-state index in [0.717, 1.165) is 12.8 Å². The molecule has 1 saturated heterocycles. The van der Waals surface area contributed by atoms with Gasteiger partial charge in [0.2, 0.25) is 0 Å². The number of aromatic nitrogens is 2. The summed E-state index contributed by atoms with van der Waals surface area (Å²) in [6.45, 7) is 3.21. The number of aliphatic hydroxyl groups excluding tert-OH is 1. The second-order valence-corrected chi connectivity index (χ2v) is 7.85. The molecule has 1 saturated carbocycles. The van der Waals surface area contributed by atoms with E-state index in [9.17, 15) is 14.7 Å². The van der Waals surface area contributed by atoms with E-state index < -0.39 is 17.1 Å². The van der Waals surface area contributed by atoms with Crippen LogP contribution in [0.5, 0.6) is 0 Å². The van der Waals surface area contributed by atoms with Crippen LogP contribution in [0.2, 0.25) is 0 Å². The Labute approximate surface area is 160 Å². The van der Waals surface area contributed by atoms with Gasteiger partial charge < -0.3 is 20.6 Å². The average Bonchev–Trinajstić information content (AvgIpc) is 3.42. The van der Waals surface area contributed by atoms with E-state index in [2.05, 4.69) is 0 Å². The van der Waals surface area contributed by atoms with Gasteiger partial charge in [-0.3, -0.25) is 9.36 Å². The lowest BCUT2D eigenvalue weighted by molar-refractivity contribution is 0.115. The molecule has 2 atom stereocenters. The number of nitrogens with two attached hydrogens (primary N) is 1. The van der Waals surface area contributed by atoms with Crippen molar-refractivity contribution in [2.75, 3.05) is 44.2 Å². The molecule has 1 aromatic carbocycles. The van der Waals surface area contributed by atoms with Crippen molar-refractivity contribution in [2.24, 2.45) is 11.8 Å². The Hall–Kier alpha value is -2.39. The van der Waals surface area contributed by atoms with Gasteiger partial charge in [0.05, 0.1) is 23.2 Å². The SMILES string of the molecule is COCC1CN(c2c(F)cc3c(=O)n(N)c(=O)n(C4CC4)c3c2C)CC1CO. The van der Waals surface area contributed by atoms with E-state index in [0.29, 0.717) is 41.1 Å². The highest BCUT2D eigenvalue weighted by Crippen LogP contribution is 2.39. The number of hydrogen-bond acceptors (Lipinski definition) is 6. The number of hydrogen-bond donors (Lipinski definition) is 2. The van der Waals surface area contributed by atoms with Crippen LogP contribution in [0.3, 0.4) is 0 Å². The topological polar surface area (TPSA) is 103 Å². The lowest BCUT2D eigenvalue weighted by atomic mass is 9.98. The maximum absolute atomic E-state index is 15.1. The van der Waals surface area contributed by atoms with Crippen LogP contribution < -0.4 is 22.0 Å². The molecule has 152 valence electrons. The van der Waals surface area contributed by atoms with Gasteiger partial charge in [0.15, 0.2) is 0 Å². The van der Waals surface area contributed by atoms with Crippen LogP contribution in [0, 0.1) is 24.6 Å². The molecule has 9 heteroatoms. The van der Waals surface area contributed by atoms with Gasteiger partial charge in [0.25, 0.3) is 5.56 Å². The van der Waals surface area contributed by atoms with Crippen molar-refractivity contribution in [1.29, 1.82) is 0 Å². The minimum Gasteiger partial charge on any atom is -0.396 e. The highest BCUT2D eigenvalue weighted by molar-refractivity contribution is 5.87. The molecule has 2 heterocycles. The predicted molar refractivity (Wildman–Crippen MR) is 104 cm³/mol. The standard InChI is InChI=1S/C19H25FN4O4/c1-10-16-14(18(26)24(21)19(27)23(16)13-3-4-13)5-15(20)17(10)22-6-11(8-25)12(7-22)9-28-2/h5,11-13,25H,3-4,6-9,21H2,1-2H3. The zero-order valence-corrected chi connectivity index (χ0v) is 16.0. The van der Waals surface area contributed by atoms with Gasteiger partial charge >= 0.3 is 5.69 Å². The molecule has 2 aromatic rings. The molecule has 1 aliphatic heterocycles. The van der Waals surface area contributed by atoms with Crippen LogP contribution in [0.25, 0.3) is 10.9 Å². The minimum atomic E-state index is -0.697. The van der Waals surface area contributed by atoms with Gasteiger partial charge in [-0.1, -0.05) is 0 Å². The largest absolute Gasteiger partial charge is 0.396 e.